The predicted octanol–water partition coefficient (Wildman–Crippen LogP) is 4.05. The second-order valence-electron chi connectivity index (χ2n) is 6.23. The van der Waals surface area contributed by atoms with E-state index in [4.69, 9.17) is 10.00 Å². The summed E-state index contributed by atoms with van der Waals surface area (Å²) in [5.74, 6) is 0.262. The summed E-state index contributed by atoms with van der Waals surface area (Å²) in [6, 6.07) is 15.3. The van der Waals surface area contributed by atoms with Gasteiger partial charge in [0.15, 0.2) is 0 Å². The minimum atomic E-state index is -0.675. The molecule has 0 aliphatic carbocycles. The van der Waals surface area contributed by atoms with Crippen molar-refractivity contribution in [1.82, 2.24) is 5.32 Å². The van der Waals surface area contributed by atoms with Gasteiger partial charge < -0.3 is 15.4 Å². The third-order valence-electron chi connectivity index (χ3n) is 3.48. The van der Waals surface area contributed by atoms with Crippen LogP contribution in [0.2, 0.25) is 0 Å². The van der Waals surface area contributed by atoms with Crippen molar-refractivity contribution in [3.63, 3.8) is 0 Å². The molecule has 0 aromatic heterocycles. The first kappa shape index (κ1) is 19.8. The van der Waals surface area contributed by atoms with Crippen LogP contribution in [0.1, 0.15) is 19.4 Å². The van der Waals surface area contributed by atoms with Gasteiger partial charge in [0.05, 0.1) is 6.07 Å². The largest absolute Gasteiger partial charge is 0.420 e. The Bertz CT molecular complexity index is 858. The Morgan fingerprint density at radius 3 is 2.59 bits per heavy atom. The number of rotatable bonds is 5. The van der Waals surface area contributed by atoms with Crippen LogP contribution in [0.25, 0.3) is 0 Å². The number of benzene rings is 2. The second kappa shape index (κ2) is 9.25. The van der Waals surface area contributed by atoms with Crippen LogP contribution in [-0.4, -0.2) is 24.7 Å². The van der Waals surface area contributed by atoms with E-state index in [0.717, 1.165) is 5.56 Å². The van der Waals surface area contributed by atoms with Crippen LogP contribution in [0, 0.1) is 18.3 Å². The molecule has 0 saturated carbocycles. The van der Waals surface area contributed by atoms with Crippen LogP contribution in [0.5, 0.6) is 5.75 Å². The molecule has 0 aliphatic rings. The van der Waals surface area contributed by atoms with Gasteiger partial charge in [-0.15, -0.1) is 0 Å². The first-order valence-electron chi connectivity index (χ1n) is 8.49. The molecule has 0 radical (unpaired) electrons. The first-order chi connectivity index (χ1) is 12.9. The smallest absolute Gasteiger partial charge is 0.410 e. The van der Waals surface area contributed by atoms with Crippen LogP contribution >= 0.6 is 0 Å². The van der Waals surface area contributed by atoms with Crippen LogP contribution in [0.15, 0.2) is 48.5 Å². The molecule has 0 aliphatic heterocycles. The minimum Gasteiger partial charge on any atom is -0.410 e. The van der Waals surface area contributed by atoms with Crippen molar-refractivity contribution >= 4 is 23.5 Å². The third kappa shape index (κ3) is 6.04. The van der Waals surface area contributed by atoms with E-state index >= 15 is 0 Å². The fourth-order valence-electron chi connectivity index (χ4n) is 2.35. The van der Waals surface area contributed by atoms with Crippen LogP contribution in [0.3, 0.4) is 0 Å². The highest BCUT2D eigenvalue weighted by atomic mass is 16.6. The standard InChI is InChI=1S/C20H22N4O3/c1-14(2)22-19(25)23-16-7-5-9-18(13-16)27-20(26)24(11-10-21)17-8-4-6-15(3)12-17/h4-9,12-14H,11H2,1-3H3,(H2,22,23,25). The molecular weight excluding hydrogens is 344 g/mol. The van der Waals surface area contributed by atoms with E-state index < -0.39 is 6.09 Å². The number of ether oxygens (including phenoxy) is 1. The second-order valence-corrected chi connectivity index (χ2v) is 6.23. The van der Waals surface area contributed by atoms with Crippen molar-refractivity contribution in [1.29, 1.82) is 5.26 Å². The highest BCUT2D eigenvalue weighted by Crippen LogP contribution is 2.21. The van der Waals surface area contributed by atoms with Crippen molar-refractivity contribution < 1.29 is 14.3 Å². The van der Waals surface area contributed by atoms with Crippen molar-refractivity contribution in [2.24, 2.45) is 0 Å². The summed E-state index contributed by atoms with van der Waals surface area (Å²) in [4.78, 5) is 25.6. The average molecular weight is 366 g/mol. The summed E-state index contributed by atoms with van der Waals surface area (Å²) in [5.41, 5.74) is 2.03. The number of nitriles is 1. The number of hydrogen-bond acceptors (Lipinski definition) is 4. The van der Waals surface area contributed by atoms with Crippen molar-refractivity contribution in [3.05, 3.63) is 54.1 Å². The van der Waals surface area contributed by atoms with Gasteiger partial charge in [-0.25, -0.2) is 9.59 Å². The summed E-state index contributed by atoms with van der Waals surface area (Å²) in [6.45, 7) is 5.47. The zero-order valence-electron chi connectivity index (χ0n) is 15.5. The summed E-state index contributed by atoms with van der Waals surface area (Å²) in [6.07, 6.45) is -0.675. The van der Waals surface area contributed by atoms with Gasteiger partial charge in [0.1, 0.15) is 12.3 Å². The Hall–Kier alpha value is -3.53. The Morgan fingerprint density at radius 1 is 1.19 bits per heavy atom. The molecule has 0 unspecified atom stereocenters. The number of hydrogen-bond donors (Lipinski definition) is 2. The molecule has 3 amide bonds. The molecule has 2 aromatic rings. The minimum absolute atomic E-state index is 0.000112. The lowest BCUT2D eigenvalue weighted by Crippen LogP contribution is -2.34. The zero-order valence-corrected chi connectivity index (χ0v) is 15.5. The van der Waals surface area contributed by atoms with E-state index in [2.05, 4.69) is 10.6 Å². The topological polar surface area (TPSA) is 94.5 Å². The van der Waals surface area contributed by atoms with E-state index in [1.54, 1.807) is 42.5 Å². The van der Waals surface area contributed by atoms with Crippen molar-refractivity contribution in [2.75, 3.05) is 16.8 Å². The van der Waals surface area contributed by atoms with Crippen molar-refractivity contribution in [2.45, 2.75) is 26.8 Å². The van der Waals surface area contributed by atoms with E-state index in [1.165, 1.54) is 4.90 Å². The van der Waals surface area contributed by atoms with Crippen LogP contribution in [0.4, 0.5) is 21.0 Å². The van der Waals surface area contributed by atoms with E-state index in [-0.39, 0.29) is 24.4 Å². The fraction of sp³-hybridized carbons (Fsp3) is 0.250. The lowest BCUT2D eigenvalue weighted by Gasteiger charge is -2.19. The number of amides is 3. The van der Waals surface area contributed by atoms with E-state index in [0.29, 0.717) is 11.4 Å². The van der Waals surface area contributed by atoms with E-state index in [9.17, 15) is 9.59 Å². The quantitative estimate of drug-likeness (QED) is 0.780. The van der Waals surface area contributed by atoms with Gasteiger partial charge in [-0.05, 0) is 50.6 Å². The normalized spacial score (nSPS) is 10.0. The molecule has 2 rings (SSSR count). The summed E-state index contributed by atoms with van der Waals surface area (Å²) < 4.78 is 5.39. The first-order valence-corrected chi connectivity index (χ1v) is 8.49. The van der Waals surface area contributed by atoms with Gasteiger partial charge in [-0.2, -0.15) is 5.26 Å². The molecule has 0 heterocycles. The number of carbonyl (C=O) groups excluding carboxylic acids is 2. The molecule has 0 bridgehead atoms. The maximum Gasteiger partial charge on any atom is 0.420 e. The Balaban J connectivity index is 2.12. The maximum absolute atomic E-state index is 12.5. The molecule has 0 saturated heterocycles. The number of anilines is 2. The molecular formula is C20H22N4O3. The van der Waals surface area contributed by atoms with Gasteiger partial charge in [-0.1, -0.05) is 18.2 Å². The fourth-order valence-corrected chi connectivity index (χ4v) is 2.35. The Morgan fingerprint density at radius 2 is 1.93 bits per heavy atom. The monoisotopic (exact) mass is 366 g/mol. The number of aryl methyl sites for hydroxylation is 1. The van der Waals surface area contributed by atoms with Gasteiger partial charge in [0.2, 0.25) is 0 Å². The van der Waals surface area contributed by atoms with Crippen LogP contribution < -0.4 is 20.3 Å². The SMILES string of the molecule is Cc1cccc(N(CC#N)C(=O)Oc2cccc(NC(=O)NC(C)C)c2)c1. The highest BCUT2D eigenvalue weighted by molar-refractivity contribution is 5.91. The molecule has 0 fully saturated rings. The molecule has 0 spiro atoms. The molecule has 2 aromatic carbocycles. The number of nitrogens with zero attached hydrogens (tertiary/aromatic N) is 2. The molecule has 2 N–H and O–H groups in total. The van der Waals surface area contributed by atoms with Gasteiger partial charge >= 0.3 is 12.1 Å². The van der Waals surface area contributed by atoms with Gasteiger partial charge in [0, 0.05) is 23.5 Å². The molecule has 7 heteroatoms. The highest BCUT2D eigenvalue weighted by Gasteiger charge is 2.18. The zero-order chi connectivity index (χ0) is 19.8. The molecule has 0 atom stereocenters. The lowest BCUT2D eigenvalue weighted by atomic mass is 10.2. The van der Waals surface area contributed by atoms with Crippen molar-refractivity contribution in [3.8, 4) is 11.8 Å². The molecule has 7 nitrogen and oxygen atoms in total. The Labute approximate surface area is 158 Å². The van der Waals surface area contributed by atoms with Crippen LogP contribution in [-0.2, 0) is 0 Å². The van der Waals surface area contributed by atoms with Gasteiger partial charge in [-0.3, -0.25) is 4.90 Å². The summed E-state index contributed by atoms with van der Waals surface area (Å²) in [5, 5.41) is 14.4. The average Bonchev–Trinajstić information content (AvgIpc) is 2.59. The maximum atomic E-state index is 12.5. The number of carbonyl (C=O) groups is 2. The Kier molecular flexibility index (Phi) is 6.78. The van der Waals surface area contributed by atoms with E-state index in [1.807, 2.05) is 32.9 Å². The van der Waals surface area contributed by atoms with Gasteiger partial charge in [0.25, 0.3) is 0 Å². The molecule has 140 valence electrons. The summed E-state index contributed by atoms with van der Waals surface area (Å²) in [7, 11) is 0. The number of urea groups is 1. The third-order valence-corrected chi connectivity index (χ3v) is 3.48. The summed E-state index contributed by atoms with van der Waals surface area (Å²) >= 11 is 0. The molecule has 27 heavy (non-hydrogen) atoms. The predicted molar refractivity (Wildman–Crippen MR) is 104 cm³/mol. The number of nitrogens with one attached hydrogen (secondary N) is 2. The lowest BCUT2D eigenvalue weighted by molar-refractivity contribution is 0.208.